The minimum Gasteiger partial charge on any atom is -0.296 e. The Balaban J connectivity index is 1.26. The zero-order valence-electron chi connectivity index (χ0n) is 14.9. The van der Waals surface area contributed by atoms with Crippen molar-refractivity contribution in [1.29, 1.82) is 0 Å². The van der Waals surface area contributed by atoms with Gasteiger partial charge in [-0.05, 0) is 25.0 Å². The molecule has 0 unspecified atom stereocenters. The van der Waals surface area contributed by atoms with E-state index in [2.05, 4.69) is 25.6 Å². The molecule has 29 heavy (non-hydrogen) atoms. The van der Waals surface area contributed by atoms with Crippen LogP contribution in [-0.2, 0) is 5.75 Å². The van der Waals surface area contributed by atoms with E-state index in [9.17, 15) is 9.59 Å². The number of aromatic nitrogens is 5. The van der Waals surface area contributed by atoms with Gasteiger partial charge in [0.15, 0.2) is 4.34 Å². The van der Waals surface area contributed by atoms with Gasteiger partial charge in [-0.15, -0.1) is 10.2 Å². The first-order chi connectivity index (χ1) is 14.2. The van der Waals surface area contributed by atoms with E-state index in [1.54, 1.807) is 24.3 Å². The molecule has 5 rings (SSSR count). The van der Waals surface area contributed by atoms with Crippen LogP contribution in [-0.4, -0.2) is 30.7 Å². The Labute approximate surface area is 177 Å². The van der Waals surface area contributed by atoms with Crippen molar-refractivity contribution >= 4 is 50.4 Å². The lowest BCUT2D eigenvalue weighted by atomic mass is 10.2. The Bertz CT molecular complexity index is 1250. The van der Waals surface area contributed by atoms with Gasteiger partial charge in [-0.25, -0.2) is 4.98 Å². The molecular formula is C18H14N6O2S3. The molecule has 1 amide bonds. The molecule has 0 aliphatic heterocycles. The fraction of sp³-hybridized carbons (Fsp3) is 0.222. The van der Waals surface area contributed by atoms with Gasteiger partial charge in [0.25, 0.3) is 11.5 Å². The minimum absolute atomic E-state index is 0.165. The summed E-state index contributed by atoms with van der Waals surface area (Å²) in [6.45, 7) is 0. The number of hydrogen-bond acceptors (Lipinski definition) is 9. The first-order valence-electron chi connectivity index (χ1n) is 8.88. The molecule has 0 spiro atoms. The highest BCUT2D eigenvalue weighted by molar-refractivity contribution is 8.00. The Kier molecular flexibility index (Phi) is 4.86. The molecule has 146 valence electrons. The van der Waals surface area contributed by atoms with Crippen LogP contribution in [0.5, 0.6) is 0 Å². The van der Waals surface area contributed by atoms with E-state index in [4.69, 9.17) is 0 Å². The molecule has 3 heterocycles. The summed E-state index contributed by atoms with van der Waals surface area (Å²) in [5.41, 5.74) is 1.07. The third-order valence-corrected chi connectivity index (χ3v) is 7.32. The summed E-state index contributed by atoms with van der Waals surface area (Å²) in [6.07, 6.45) is 2.27. The summed E-state index contributed by atoms with van der Waals surface area (Å²) in [7, 11) is 0. The van der Waals surface area contributed by atoms with Gasteiger partial charge in [-0.3, -0.25) is 14.9 Å². The Hall–Kier alpha value is -2.63. The van der Waals surface area contributed by atoms with E-state index in [1.165, 1.54) is 45.0 Å². The van der Waals surface area contributed by atoms with E-state index in [0.717, 1.165) is 17.8 Å². The van der Waals surface area contributed by atoms with Crippen LogP contribution in [0.4, 0.5) is 5.13 Å². The number of benzene rings is 1. The number of amides is 1. The van der Waals surface area contributed by atoms with Crippen LogP contribution in [0.15, 0.2) is 45.5 Å². The van der Waals surface area contributed by atoms with E-state index in [1.807, 2.05) is 6.07 Å². The quantitative estimate of drug-likeness (QED) is 0.360. The first-order valence-corrected chi connectivity index (χ1v) is 11.5. The van der Waals surface area contributed by atoms with E-state index in [-0.39, 0.29) is 11.5 Å². The predicted molar refractivity (Wildman–Crippen MR) is 113 cm³/mol. The number of nitrogens with one attached hydrogen (secondary N) is 1. The zero-order valence-corrected chi connectivity index (χ0v) is 17.4. The van der Waals surface area contributed by atoms with Crippen LogP contribution in [0.3, 0.4) is 0 Å². The van der Waals surface area contributed by atoms with Gasteiger partial charge in [0.2, 0.25) is 10.1 Å². The average molecular weight is 443 g/mol. The lowest BCUT2D eigenvalue weighted by Gasteiger charge is -1.99. The summed E-state index contributed by atoms with van der Waals surface area (Å²) < 4.78 is 2.08. The Morgan fingerprint density at radius 3 is 2.83 bits per heavy atom. The minimum atomic E-state index is -0.227. The molecule has 0 atom stereocenters. The van der Waals surface area contributed by atoms with Gasteiger partial charge in [-0.2, -0.15) is 9.61 Å². The van der Waals surface area contributed by atoms with Gasteiger partial charge >= 0.3 is 0 Å². The van der Waals surface area contributed by atoms with E-state index < -0.39 is 0 Å². The Morgan fingerprint density at radius 2 is 2.03 bits per heavy atom. The lowest BCUT2D eigenvalue weighted by Crippen LogP contribution is -2.15. The van der Waals surface area contributed by atoms with Crippen LogP contribution < -0.4 is 10.9 Å². The number of carbonyl (C=O) groups excluding carboxylic acids is 1. The largest absolute Gasteiger partial charge is 0.296 e. The van der Waals surface area contributed by atoms with Crippen molar-refractivity contribution in [3.63, 3.8) is 0 Å². The SMILES string of the molecule is O=C(Nc1nnc(SCc2cc(=O)n3nc(C4CC4)sc3n2)s1)c1ccccc1. The van der Waals surface area contributed by atoms with Gasteiger partial charge in [-0.1, -0.05) is 52.6 Å². The van der Waals surface area contributed by atoms with Crippen LogP contribution in [0.25, 0.3) is 4.96 Å². The van der Waals surface area contributed by atoms with Crippen molar-refractivity contribution in [2.75, 3.05) is 5.32 Å². The standard InChI is InChI=1S/C18H14N6O2S3/c25-13-8-12(19-17-24(13)23-15(28-17)11-6-7-11)9-27-18-22-21-16(29-18)20-14(26)10-4-2-1-3-5-10/h1-5,8,11H,6-7,9H2,(H,20,21,26). The second-order valence-corrected chi connectivity index (χ2v) is 9.66. The third-order valence-electron chi connectivity index (χ3n) is 4.25. The number of fused-ring (bicyclic) bond motifs is 1. The normalized spacial score (nSPS) is 13.7. The molecular weight excluding hydrogens is 428 g/mol. The second-order valence-electron chi connectivity index (χ2n) is 6.48. The molecule has 1 fully saturated rings. The molecule has 3 aromatic heterocycles. The molecule has 1 saturated carbocycles. The smallest absolute Gasteiger partial charge is 0.275 e. The molecule has 11 heteroatoms. The van der Waals surface area contributed by atoms with Crippen LogP contribution in [0.2, 0.25) is 0 Å². The van der Waals surface area contributed by atoms with Crippen molar-refractivity contribution in [2.45, 2.75) is 28.9 Å². The van der Waals surface area contributed by atoms with Crippen LogP contribution >= 0.6 is 34.4 Å². The highest BCUT2D eigenvalue weighted by Crippen LogP contribution is 2.41. The molecule has 1 aromatic carbocycles. The van der Waals surface area contributed by atoms with Crippen LogP contribution in [0.1, 0.15) is 39.8 Å². The molecule has 1 aliphatic rings. The summed E-state index contributed by atoms with van der Waals surface area (Å²) in [5, 5.41) is 16.7. The van der Waals surface area contributed by atoms with Gasteiger partial charge in [0.1, 0.15) is 5.01 Å². The number of hydrogen-bond donors (Lipinski definition) is 1. The van der Waals surface area contributed by atoms with Gasteiger partial charge in [0.05, 0.1) is 5.69 Å². The van der Waals surface area contributed by atoms with Crippen molar-refractivity contribution in [3.05, 3.63) is 63.0 Å². The van der Waals surface area contributed by atoms with Crippen LogP contribution in [0, 0.1) is 0 Å². The number of rotatable bonds is 6. The summed E-state index contributed by atoms with van der Waals surface area (Å²) in [6, 6.07) is 10.4. The van der Waals surface area contributed by atoms with Gasteiger partial charge < -0.3 is 0 Å². The monoisotopic (exact) mass is 442 g/mol. The molecule has 4 aromatic rings. The zero-order chi connectivity index (χ0) is 19.8. The summed E-state index contributed by atoms with van der Waals surface area (Å²) in [5.74, 6) is 0.754. The maximum Gasteiger partial charge on any atom is 0.275 e. The summed E-state index contributed by atoms with van der Waals surface area (Å²) >= 11 is 4.20. The second kappa shape index (κ2) is 7.65. The third kappa shape index (κ3) is 4.07. The summed E-state index contributed by atoms with van der Waals surface area (Å²) in [4.78, 5) is 29.7. The number of anilines is 1. The topological polar surface area (TPSA) is 102 Å². The molecule has 1 N–H and O–H groups in total. The molecule has 1 aliphatic carbocycles. The van der Waals surface area contributed by atoms with Crippen molar-refractivity contribution in [2.24, 2.45) is 0 Å². The predicted octanol–water partition coefficient (Wildman–Crippen LogP) is 3.42. The highest BCUT2D eigenvalue weighted by atomic mass is 32.2. The molecule has 0 bridgehead atoms. The maximum absolute atomic E-state index is 12.3. The van der Waals surface area contributed by atoms with Crippen molar-refractivity contribution in [3.8, 4) is 0 Å². The van der Waals surface area contributed by atoms with Crippen molar-refractivity contribution < 1.29 is 4.79 Å². The van der Waals surface area contributed by atoms with Crippen molar-refractivity contribution in [1.82, 2.24) is 24.8 Å². The fourth-order valence-electron chi connectivity index (χ4n) is 2.65. The maximum atomic E-state index is 12.3. The van der Waals surface area contributed by atoms with E-state index in [0.29, 0.717) is 37.4 Å². The van der Waals surface area contributed by atoms with E-state index >= 15 is 0 Å². The lowest BCUT2D eigenvalue weighted by molar-refractivity contribution is 0.102. The molecule has 0 saturated heterocycles. The number of thioether (sulfide) groups is 1. The fourth-order valence-corrected chi connectivity index (χ4v) is 5.38. The molecule has 8 nitrogen and oxygen atoms in total. The molecule has 0 radical (unpaired) electrons. The van der Waals surface area contributed by atoms with Gasteiger partial charge in [0, 0.05) is 23.3 Å². The average Bonchev–Trinajstić information content (AvgIpc) is 3.33. The first kappa shape index (κ1) is 18.4. The number of nitrogens with zero attached hydrogens (tertiary/aromatic N) is 5. The number of carbonyl (C=O) groups is 1. The Morgan fingerprint density at radius 1 is 1.21 bits per heavy atom. The highest BCUT2D eigenvalue weighted by Gasteiger charge is 2.28.